The van der Waals surface area contributed by atoms with Crippen LogP contribution in [-0.2, 0) is 4.79 Å². The van der Waals surface area contributed by atoms with Crippen LogP contribution < -0.4 is 11.1 Å². The van der Waals surface area contributed by atoms with Crippen LogP contribution in [0, 0.1) is 0 Å². The van der Waals surface area contributed by atoms with E-state index in [0.717, 1.165) is 48.8 Å². The molecule has 4 nitrogen and oxygen atoms in total. The van der Waals surface area contributed by atoms with Crippen LogP contribution in [0.25, 0.3) is 11.1 Å². The van der Waals surface area contributed by atoms with E-state index in [1.165, 1.54) is 0 Å². The molecule has 0 heterocycles. The highest BCUT2D eigenvalue weighted by molar-refractivity contribution is 5.96. The second kappa shape index (κ2) is 11.7. The standard InChI is InChI=1S/C27H30N2O2/c28-24-13-9-10-14-25(24)29-27(31)16-8-3-1-2-7-15-26(30)23-19-17-22(18-20-23)21-11-5-4-6-12-21/h4-6,9-14,17-20H,1-3,7-8,15-16,28H2,(H,29,31). The molecule has 0 aliphatic rings. The van der Waals surface area contributed by atoms with Crippen LogP contribution in [0.3, 0.4) is 0 Å². The highest BCUT2D eigenvalue weighted by Crippen LogP contribution is 2.20. The number of rotatable bonds is 11. The maximum Gasteiger partial charge on any atom is 0.224 e. The summed E-state index contributed by atoms with van der Waals surface area (Å²) in [5.41, 5.74) is 10.1. The van der Waals surface area contributed by atoms with E-state index in [4.69, 9.17) is 5.73 Å². The molecule has 3 aromatic carbocycles. The third kappa shape index (κ3) is 7.10. The first-order chi connectivity index (χ1) is 15.1. The average molecular weight is 415 g/mol. The molecule has 0 atom stereocenters. The van der Waals surface area contributed by atoms with E-state index < -0.39 is 0 Å². The van der Waals surface area contributed by atoms with Crippen LogP contribution in [0.4, 0.5) is 11.4 Å². The summed E-state index contributed by atoms with van der Waals surface area (Å²) in [6, 6.07) is 25.3. The van der Waals surface area contributed by atoms with Crippen molar-refractivity contribution in [3.05, 3.63) is 84.4 Å². The van der Waals surface area contributed by atoms with Crippen LogP contribution in [0.5, 0.6) is 0 Å². The lowest BCUT2D eigenvalue weighted by atomic mass is 10.00. The van der Waals surface area contributed by atoms with Crippen molar-refractivity contribution in [3.8, 4) is 11.1 Å². The maximum atomic E-state index is 12.4. The lowest BCUT2D eigenvalue weighted by molar-refractivity contribution is -0.116. The molecule has 0 radical (unpaired) electrons. The van der Waals surface area contributed by atoms with Gasteiger partial charge in [0.15, 0.2) is 5.78 Å². The SMILES string of the molecule is Nc1ccccc1NC(=O)CCCCCCCC(=O)c1ccc(-c2ccccc2)cc1. The molecule has 0 aromatic heterocycles. The van der Waals surface area contributed by atoms with Crippen molar-refractivity contribution in [1.29, 1.82) is 0 Å². The van der Waals surface area contributed by atoms with E-state index in [1.54, 1.807) is 12.1 Å². The van der Waals surface area contributed by atoms with Gasteiger partial charge in [-0.05, 0) is 36.1 Å². The lowest BCUT2D eigenvalue weighted by Gasteiger charge is -2.07. The quantitative estimate of drug-likeness (QED) is 0.214. The Morgan fingerprint density at radius 1 is 0.645 bits per heavy atom. The van der Waals surface area contributed by atoms with Gasteiger partial charge in [-0.15, -0.1) is 0 Å². The number of nitrogens with two attached hydrogens (primary N) is 1. The smallest absolute Gasteiger partial charge is 0.224 e. The van der Waals surface area contributed by atoms with E-state index in [2.05, 4.69) is 17.4 Å². The van der Waals surface area contributed by atoms with E-state index >= 15 is 0 Å². The Labute approximate surface area is 184 Å². The first kappa shape index (κ1) is 22.3. The number of nitrogens with one attached hydrogen (secondary N) is 1. The van der Waals surface area contributed by atoms with Crippen molar-refractivity contribution in [2.45, 2.75) is 44.9 Å². The van der Waals surface area contributed by atoms with Crippen LogP contribution in [0.1, 0.15) is 55.3 Å². The van der Waals surface area contributed by atoms with E-state index in [9.17, 15) is 9.59 Å². The summed E-state index contributed by atoms with van der Waals surface area (Å²) in [4.78, 5) is 24.4. The molecule has 31 heavy (non-hydrogen) atoms. The van der Waals surface area contributed by atoms with Gasteiger partial charge in [-0.1, -0.05) is 86.0 Å². The Kier molecular flexibility index (Phi) is 8.41. The number of carbonyl (C=O) groups is 2. The Morgan fingerprint density at radius 2 is 1.23 bits per heavy atom. The fraction of sp³-hybridized carbons (Fsp3) is 0.259. The Hall–Kier alpha value is -3.40. The first-order valence-electron chi connectivity index (χ1n) is 11.0. The predicted molar refractivity (Wildman–Crippen MR) is 128 cm³/mol. The molecular formula is C27H30N2O2. The number of hydrogen-bond donors (Lipinski definition) is 2. The monoisotopic (exact) mass is 414 g/mol. The van der Waals surface area contributed by atoms with Gasteiger partial charge in [-0.25, -0.2) is 0 Å². The number of hydrogen-bond acceptors (Lipinski definition) is 3. The van der Waals surface area contributed by atoms with Gasteiger partial charge in [-0.2, -0.15) is 0 Å². The van der Waals surface area contributed by atoms with E-state index in [0.29, 0.717) is 24.2 Å². The second-order valence-corrected chi connectivity index (χ2v) is 7.77. The topological polar surface area (TPSA) is 72.2 Å². The van der Waals surface area contributed by atoms with Crippen LogP contribution in [0.2, 0.25) is 0 Å². The summed E-state index contributed by atoms with van der Waals surface area (Å²) in [6.45, 7) is 0. The maximum absolute atomic E-state index is 12.4. The molecule has 160 valence electrons. The minimum absolute atomic E-state index is 0.00738. The molecule has 0 unspecified atom stereocenters. The van der Waals surface area contributed by atoms with Gasteiger partial charge in [0.1, 0.15) is 0 Å². The zero-order valence-electron chi connectivity index (χ0n) is 17.8. The zero-order valence-corrected chi connectivity index (χ0v) is 17.8. The van der Waals surface area contributed by atoms with E-state index in [1.807, 2.05) is 54.6 Å². The number of nitrogen functional groups attached to an aromatic ring is 1. The normalized spacial score (nSPS) is 10.6. The summed E-state index contributed by atoms with van der Waals surface area (Å²) in [5.74, 6) is 0.187. The molecule has 0 saturated carbocycles. The molecule has 0 aliphatic carbocycles. The van der Waals surface area contributed by atoms with Crippen molar-refractivity contribution in [2.75, 3.05) is 11.1 Å². The molecular weight excluding hydrogens is 384 g/mol. The average Bonchev–Trinajstić information content (AvgIpc) is 2.80. The zero-order chi connectivity index (χ0) is 21.9. The van der Waals surface area contributed by atoms with Crippen LogP contribution >= 0.6 is 0 Å². The third-order valence-electron chi connectivity index (χ3n) is 5.36. The summed E-state index contributed by atoms with van der Waals surface area (Å²) in [5, 5.41) is 2.85. The van der Waals surface area contributed by atoms with Gasteiger partial charge in [0.25, 0.3) is 0 Å². The lowest BCUT2D eigenvalue weighted by Crippen LogP contribution is -2.12. The summed E-state index contributed by atoms with van der Waals surface area (Å²) in [7, 11) is 0. The molecule has 3 N–H and O–H groups in total. The van der Waals surface area contributed by atoms with Gasteiger partial charge in [0.2, 0.25) is 5.91 Å². The number of para-hydroxylation sites is 2. The fourth-order valence-corrected chi connectivity index (χ4v) is 3.55. The molecule has 0 fully saturated rings. The first-order valence-corrected chi connectivity index (χ1v) is 11.0. The van der Waals surface area contributed by atoms with Gasteiger partial charge < -0.3 is 11.1 Å². The highest BCUT2D eigenvalue weighted by Gasteiger charge is 2.07. The summed E-state index contributed by atoms with van der Waals surface area (Å²) in [6.07, 6.45) is 5.79. The number of amides is 1. The molecule has 0 saturated heterocycles. The van der Waals surface area contributed by atoms with Crippen molar-refractivity contribution >= 4 is 23.1 Å². The predicted octanol–water partition coefficient (Wildman–Crippen LogP) is 6.49. The molecule has 0 aliphatic heterocycles. The van der Waals surface area contributed by atoms with Crippen LogP contribution in [-0.4, -0.2) is 11.7 Å². The van der Waals surface area contributed by atoms with E-state index in [-0.39, 0.29) is 11.7 Å². The molecule has 3 aromatic rings. The largest absolute Gasteiger partial charge is 0.397 e. The van der Waals surface area contributed by atoms with Crippen LogP contribution in [0.15, 0.2) is 78.9 Å². The van der Waals surface area contributed by atoms with Gasteiger partial charge in [-0.3, -0.25) is 9.59 Å². The molecule has 0 spiro atoms. The number of anilines is 2. The van der Waals surface area contributed by atoms with Gasteiger partial charge >= 0.3 is 0 Å². The Balaban J connectivity index is 1.29. The second-order valence-electron chi connectivity index (χ2n) is 7.77. The molecule has 4 heteroatoms. The third-order valence-corrected chi connectivity index (χ3v) is 5.36. The number of benzene rings is 3. The fourth-order valence-electron chi connectivity index (χ4n) is 3.55. The molecule has 0 bridgehead atoms. The van der Waals surface area contributed by atoms with Crippen molar-refractivity contribution in [1.82, 2.24) is 0 Å². The number of ketones is 1. The minimum atomic E-state index is -0.00738. The Morgan fingerprint density at radius 3 is 1.94 bits per heavy atom. The highest BCUT2D eigenvalue weighted by atomic mass is 16.1. The van der Waals surface area contributed by atoms with Gasteiger partial charge in [0.05, 0.1) is 11.4 Å². The van der Waals surface area contributed by atoms with Crippen molar-refractivity contribution in [2.24, 2.45) is 0 Å². The summed E-state index contributed by atoms with van der Waals surface area (Å²) < 4.78 is 0. The summed E-state index contributed by atoms with van der Waals surface area (Å²) >= 11 is 0. The number of Topliss-reactive ketones (excluding diaryl/α,β-unsaturated/α-hetero) is 1. The molecule has 1 amide bonds. The molecule has 3 rings (SSSR count). The number of carbonyl (C=O) groups excluding carboxylic acids is 2. The van der Waals surface area contributed by atoms with Crippen molar-refractivity contribution < 1.29 is 9.59 Å². The van der Waals surface area contributed by atoms with Gasteiger partial charge in [0, 0.05) is 18.4 Å². The minimum Gasteiger partial charge on any atom is -0.397 e. The number of unbranched alkanes of at least 4 members (excludes halogenated alkanes) is 4. The van der Waals surface area contributed by atoms with Crippen molar-refractivity contribution in [3.63, 3.8) is 0 Å². The Bertz CT molecular complexity index is 982.